The van der Waals surface area contributed by atoms with Crippen LogP contribution >= 0.6 is 12.4 Å². The molecule has 1 saturated heterocycles. The van der Waals surface area contributed by atoms with Crippen molar-refractivity contribution in [1.29, 1.82) is 0 Å². The zero-order valence-corrected chi connectivity index (χ0v) is 10.7. The van der Waals surface area contributed by atoms with Gasteiger partial charge in [0.05, 0.1) is 12.0 Å². The summed E-state index contributed by atoms with van der Waals surface area (Å²) in [7, 11) is 0. The summed E-state index contributed by atoms with van der Waals surface area (Å²) >= 11 is 0. The molecule has 3 nitrogen and oxygen atoms in total. The van der Waals surface area contributed by atoms with Crippen molar-refractivity contribution in [3.8, 4) is 0 Å². The Morgan fingerprint density at radius 3 is 2.33 bits per heavy atom. The maximum Gasteiger partial charge on any atom is 0.312 e. The van der Waals surface area contributed by atoms with Crippen molar-refractivity contribution in [3.63, 3.8) is 0 Å². The molecule has 0 bridgehead atoms. The fourth-order valence-corrected chi connectivity index (χ4v) is 2.16. The number of piperidine rings is 1. The lowest BCUT2D eigenvalue weighted by molar-refractivity contribution is -0.160. The topological polar surface area (TPSA) is 38.3 Å². The van der Waals surface area contributed by atoms with Crippen molar-refractivity contribution in [2.75, 3.05) is 19.7 Å². The van der Waals surface area contributed by atoms with Crippen LogP contribution in [0, 0.1) is 11.3 Å². The molecule has 1 N–H and O–H groups in total. The molecule has 4 heteroatoms. The molecule has 1 aliphatic rings. The monoisotopic (exact) mass is 235 g/mol. The van der Waals surface area contributed by atoms with E-state index in [9.17, 15) is 4.79 Å². The molecule has 0 aromatic rings. The van der Waals surface area contributed by atoms with Gasteiger partial charge in [-0.3, -0.25) is 4.79 Å². The highest BCUT2D eigenvalue weighted by Crippen LogP contribution is 2.38. The molecule has 1 aliphatic heterocycles. The number of ether oxygens (including phenoxy) is 1. The Balaban J connectivity index is 0.00000196. The van der Waals surface area contributed by atoms with Crippen molar-refractivity contribution >= 4 is 18.4 Å². The first kappa shape index (κ1) is 14.7. The summed E-state index contributed by atoms with van der Waals surface area (Å²) in [5, 5.41) is 3.28. The van der Waals surface area contributed by atoms with Gasteiger partial charge in [0.15, 0.2) is 0 Å². The van der Waals surface area contributed by atoms with E-state index in [1.807, 2.05) is 6.92 Å². The van der Waals surface area contributed by atoms with E-state index in [0.717, 1.165) is 25.9 Å². The smallest absolute Gasteiger partial charge is 0.312 e. The lowest BCUT2D eigenvalue weighted by Crippen LogP contribution is -2.46. The van der Waals surface area contributed by atoms with Crippen LogP contribution in [0.3, 0.4) is 0 Å². The molecule has 0 unspecified atom stereocenters. The summed E-state index contributed by atoms with van der Waals surface area (Å²) < 4.78 is 5.18. The Hall–Kier alpha value is -0.280. The maximum absolute atomic E-state index is 11.9. The number of carbonyl (C=O) groups is 1. The summed E-state index contributed by atoms with van der Waals surface area (Å²) in [6.07, 6.45) is 1.81. The highest BCUT2D eigenvalue weighted by molar-refractivity contribution is 5.85. The second-order valence-corrected chi connectivity index (χ2v) is 4.28. The lowest BCUT2D eigenvalue weighted by Gasteiger charge is -2.38. The normalized spacial score (nSPS) is 19.5. The van der Waals surface area contributed by atoms with Gasteiger partial charge in [0.2, 0.25) is 0 Å². The number of hydrogen-bond acceptors (Lipinski definition) is 3. The standard InChI is InChI=1S/C11H21NO2.ClH/c1-4-14-10(13)11(9(2)3)5-7-12-8-6-11;/h9,12H,4-8H2,1-3H3;1H. The molecular formula is C11H22ClNO2. The van der Waals surface area contributed by atoms with Gasteiger partial charge < -0.3 is 10.1 Å². The van der Waals surface area contributed by atoms with E-state index < -0.39 is 0 Å². The summed E-state index contributed by atoms with van der Waals surface area (Å²) in [5.41, 5.74) is -0.235. The van der Waals surface area contributed by atoms with Crippen LogP contribution in [0.5, 0.6) is 0 Å². The van der Waals surface area contributed by atoms with Crippen LogP contribution in [0.1, 0.15) is 33.6 Å². The second-order valence-electron chi connectivity index (χ2n) is 4.28. The van der Waals surface area contributed by atoms with E-state index in [1.165, 1.54) is 0 Å². The molecular weight excluding hydrogens is 214 g/mol. The average Bonchev–Trinajstić information content (AvgIpc) is 2.19. The minimum atomic E-state index is -0.235. The highest BCUT2D eigenvalue weighted by atomic mass is 35.5. The molecule has 0 spiro atoms. The van der Waals surface area contributed by atoms with Crippen molar-refractivity contribution in [3.05, 3.63) is 0 Å². The molecule has 1 heterocycles. The number of hydrogen-bond donors (Lipinski definition) is 1. The third kappa shape index (κ3) is 3.08. The fraction of sp³-hybridized carbons (Fsp3) is 0.909. The molecule has 0 atom stereocenters. The van der Waals surface area contributed by atoms with Crippen LogP contribution in [0.25, 0.3) is 0 Å². The molecule has 0 amide bonds. The Labute approximate surface area is 98.4 Å². The third-order valence-electron chi connectivity index (χ3n) is 3.28. The zero-order chi connectivity index (χ0) is 10.6. The van der Waals surface area contributed by atoms with Crippen LogP contribution < -0.4 is 5.32 Å². The molecule has 90 valence electrons. The number of halogens is 1. The summed E-state index contributed by atoms with van der Waals surface area (Å²) in [6, 6.07) is 0. The van der Waals surface area contributed by atoms with Crippen molar-refractivity contribution in [1.82, 2.24) is 5.32 Å². The van der Waals surface area contributed by atoms with Gasteiger partial charge in [-0.2, -0.15) is 0 Å². The predicted octanol–water partition coefficient (Wildman–Crippen LogP) is 2.00. The maximum atomic E-state index is 11.9. The quantitative estimate of drug-likeness (QED) is 0.761. The van der Waals surface area contributed by atoms with Crippen LogP contribution in [0.15, 0.2) is 0 Å². The first-order chi connectivity index (χ1) is 6.63. The molecule has 0 saturated carbocycles. The minimum Gasteiger partial charge on any atom is -0.466 e. The SMILES string of the molecule is CCOC(=O)C1(C(C)C)CCNCC1.Cl. The summed E-state index contributed by atoms with van der Waals surface area (Å²) in [6.45, 7) is 8.44. The number of rotatable bonds is 3. The largest absolute Gasteiger partial charge is 0.466 e. The van der Waals surface area contributed by atoms with Crippen molar-refractivity contribution in [2.45, 2.75) is 33.6 Å². The van der Waals surface area contributed by atoms with Gasteiger partial charge >= 0.3 is 5.97 Å². The Kier molecular flexibility index (Phi) is 6.22. The van der Waals surface area contributed by atoms with Crippen LogP contribution in [0.4, 0.5) is 0 Å². The predicted molar refractivity (Wildman–Crippen MR) is 63.3 cm³/mol. The van der Waals surface area contributed by atoms with E-state index in [0.29, 0.717) is 12.5 Å². The van der Waals surface area contributed by atoms with Crippen LogP contribution in [-0.2, 0) is 9.53 Å². The van der Waals surface area contributed by atoms with Gasteiger partial charge in [0, 0.05) is 0 Å². The fourth-order valence-electron chi connectivity index (χ4n) is 2.16. The number of carbonyl (C=O) groups excluding carboxylic acids is 1. The lowest BCUT2D eigenvalue weighted by atomic mass is 9.70. The van der Waals surface area contributed by atoms with Gasteiger partial charge in [-0.05, 0) is 38.8 Å². The van der Waals surface area contributed by atoms with Gasteiger partial charge in [-0.25, -0.2) is 0 Å². The Bertz CT molecular complexity index is 201. The van der Waals surface area contributed by atoms with E-state index in [2.05, 4.69) is 19.2 Å². The van der Waals surface area contributed by atoms with Crippen LogP contribution in [0.2, 0.25) is 0 Å². The molecule has 15 heavy (non-hydrogen) atoms. The first-order valence-electron chi connectivity index (χ1n) is 5.51. The van der Waals surface area contributed by atoms with Gasteiger partial charge in [0.25, 0.3) is 0 Å². The number of esters is 1. The van der Waals surface area contributed by atoms with Crippen LogP contribution in [-0.4, -0.2) is 25.7 Å². The highest BCUT2D eigenvalue weighted by Gasteiger charge is 2.43. The Morgan fingerprint density at radius 2 is 1.93 bits per heavy atom. The first-order valence-corrected chi connectivity index (χ1v) is 5.51. The van der Waals surface area contributed by atoms with E-state index in [-0.39, 0.29) is 23.8 Å². The second kappa shape index (κ2) is 6.33. The van der Waals surface area contributed by atoms with E-state index >= 15 is 0 Å². The summed E-state index contributed by atoms with van der Waals surface area (Å²) in [5.74, 6) is 0.361. The number of nitrogens with one attached hydrogen (secondary N) is 1. The molecule has 0 aromatic carbocycles. The molecule has 1 rings (SSSR count). The average molecular weight is 236 g/mol. The molecule has 0 aliphatic carbocycles. The zero-order valence-electron chi connectivity index (χ0n) is 9.84. The molecule has 1 fully saturated rings. The van der Waals surface area contributed by atoms with E-state index in [1.54, 1.807) is 0 Å². The molecule has 0 radical (unpaired) electrons. The third-order valence-corrected chi connectivity index (χ3v) is 3.28. The van der Waals surface area contributed by atoms with Gasteiger partial charge in [-0.1, -0.05) is 13.8 Å². The van der Waals surface area contributed by atoms with Crippen molar-refractivity contribution in [2.24, 2.45) is 11.3 Å². The minimum absolute atomic E-state index is 0. The van der Waals surface area contributed by atoms with E-state index in [4.69, 9.17) is 4.74 Å². The van der Waals surface area contributed by atoms with Gasteiger partial charge in [0.1, 0.15) is 0 Å². The Morgan fingerprint density at radius 1 is 1.40 bits per heavy atom. The van der Waals surface area contributed by atoms with Gasteiger partial charge in [-0.15, -0.1) is 12.4 Å². The van der Waals surface area contributed by atoms with Crippen molar-refractivity contribution < 1.29 is 9.53 Å². The summed E-state index contributed by atoms with van der Waals surface area (Å²) in [4.78, 5) is 11.9. The molecule has 0 aromatic heterocycles.